The smallest absolute Gasteiger partial charge is 0.306 e. The zero-order valence-electron chi connectivity index (χ0n) is 12.3. The summed E-state index contributed by atoms with van der Waals surface area (Å²) in [6.45, 7) is 4.02. The molecule has 0 aromatic carbocycles. The van der Waals surface area contributed by atoms with Gasteiger partial charge in [-0.15, -0.1) is 12.4 Å². The summed E-state index contributed by atoms with van der Waals surface area (Å²) < 4.78 is 5.95. The predicted octanol–water partition coefficient (Wildman–Crippen LogP) is 3.41. The van der Waals surface area contributed by atoms with E-state index in [1.54, 1.807) is 0 Å². The number of hydrogen-bond acceptors (Lipinski definition) is 3. The Morgan fingerprint density at radius 1 is 1.21 bits per heavy atom. The van der Waals surface area contributed by atoms with Crippen molar-refractivity contribution < 1.29 is 9.53 Å². The first-order chi connectivity index (χ1) is 8.66. The van der Waals surface area contributed by atoms with Gasteiger partial charge in [0, 0.05) is 32.4 Å². The fraction of sp³-hybridized carbons (Fsp3) is 0.933. The van der Waals surface area contributed by atoms with Crippen LogP contribution in [0.15, 0.2) is 0 Å². The molecular weight excluding hydrogens is 262 g/mol. The number of nitrogens with zero attached hydrogens (tertiary/aromatic N) is 1. The molecule has 0 bridgehead atoms. The van der Waals surface area contributed by atoms with Gasteiger partial charge in [-0.2, -0.15) is 0 Å². The van der Waals surface area contributed by atoms with Crippen molar-refractivity contribution in [1.29, 1.82) is 0 Å². The van der Waals surface area contributed by atoms with Gasteiger partial charge in [-0.25, -0.2) is 0 Å². The standard InChI is InChI=1S/C15H27NO2.ClH/c1-3-14(17)18-15(9-11-16(2)12-10-15)13-7-5-4-6-8-13;/h13H,3-12H2,1-2H3;1H. The Balaban J connectivity index is 0.00000180. The number of carbonyl (C=O) groups is 1. The number of likely N-dealkylation sites (tertiary alicyclic amines) is 1. The second-order valence-corrected chi connectivity index (χ2v) is 6.03. The van der Waals surface area contributed by atoms with Crippen LogP contribution in [0.25, 0.3) is 0 Å². The summed E-state index contributed by atoms with van der Waals surface area (Å²) in [7, 11) is 2.16. The van der Waals surface area contributed by atoms with Crippen LogP contribution in [-0.4, -0.2) is 36.6 Å². The maximum absolute atomic E-state index is 11.8. The summed E-state index contributed by atoms with van der Waals surface area (Å²) in [4.78, 5) is 14.1. The van der Waals surface area contributed by atoms with Crippen molar-refractivity contribution >= 4 is 18.4 Å². The van der Waals surface area contributed by atoms with Gasteiger partial charge in [-0.3, -0.25) is 4.79 Å². The molecule has 0 N–H and O–H groups in total. The van der Waals surface area contributed by atoms with Gasteiger partial charge >= 0.3 is 5.97 Å². The van der Waals surface area contributed by atoms with Crippen LogP contribution in [0.2, 0.25) is 0 Å². The van der Waals surface area contributed by atoms with Crippen LogP contribution in [0, 0.1) is 5.92 Å². The molecular formula is C15H28ClNO2. The quantitative estimate of drug-likeness (QED) is 0.746. The summed E-state index contributed by atoms with van der Waals surface area (Å²) in [5.41, 5.74) is -0.139. The van der Waals surface area contributed by atoms with Gasteiger partial charge < -0.3 is 9.64 Å². The second-order valence-electron chi connectivity index (χ2n) is 6.03. The minimum Gasteiger partial charge on any atom is -0.459 e. The molecule has 3 nitrogen and oxygen atoms in total. The highest BCUT2D eigenvalue weighted by molar-refractivity contribution is 5.85. The Kier molecular flexibility index (Phi) is 6.61. The Morgan fingerprint density at radius 3 is 2.32 bits per heavy atom. The van der Waals surface area contributed by atoms with Crippen molar-refractivity contribution in [2.45, 2.75) is 63.9 Å². The van der Waals surface area contributed by atoms with Crippen LogP contribution >= 0.6 is 12.4 Å². The van der Waals surface area contributed by atoms with E-state index < -0.39 is 0 Å². The molecule has 1 aliphatic carbocycles. The van der Waals surface area contributed by atoms with E-state index in [2.05, 4.69) is 11.9 Å². The van der Waals surface area contributed by atoms with Crippen molar-refractivity contribution in [3.05, 3.63) is 0 Å². The molecule has 0 aromatic heterocycles. The molecule has 1 heterocycles. The molecule has 0 unspecified atom stereocenters. The minimum atomic E-state index is -0.139. The summed E-state index contributed by atoms with van der Waals surface area (Å²) in [5.74, 6) is 0.598. The number of carbonyl (C=O) groups excluding carboxylic acids is 1. The minimum absolute atomic E-state index is 0. The topological polar surface area (TPSA) is 29.5 Å². The number of piperidine rings is 1. The third-order valence-corrected chi connectivity index (χ3v) is 4.79. The van der Waals surface area contributed by atoms with Gasteiger partial charge in [0.2, 0.25) is 0 Å². The highest BCUT2D eigenvalue weighted by Gasteiger charge is 2.44. The molecule has 19 heavy (non-hydrogen) atoms. The first-order valence-corrected chi connectivity index (χ1v) is 7.56. The van der Waals surface area contributed by atoms with Crippen LogP contribution in [-0.2, 0) is 9.53 Å². The zero-order valence-corrected chi connectivity index (χ0v) is 13.1. The van der Waals surface area contributed by atoms with Gasteiger partial charge in [0.1, 0.15) is 5.60 Å². The SMILES string of the molecule is CCC(=O)OC1(C2CCCCC2)CCN(C)CC1.Cl. The van der Waals surface area contributed by atoms with Crippen LogP contribution in [0.5, 0.6) is 0 Å². The molecule has 1 saturated heterocycles. The second kappa shape index (κ2) is 7.49. The lowest BCUT2D eigenvalue weighted by Gasteiger charge is -2.46. The highest BCUT2D eigenvalue weighted by atomic mass is 35.5. The maximum Gasteiger partial charge on any atom is 0.306 e. The molecule has 0 atom stereocenters. The molecule has 2 fully saturated rings. The van der Waals surface area contributed by atoms with Gasteiger partial charge in [0.25, 0.3) is 0 Å². The van der Waals surface area contributed by atoms with Gasteiger partial charge in [-0.1, -0.05) is 26.2 Å². The Morgan fingerprint density at radius 2 is 1.79 bits per heavy atom. The fourth-order valence-electron chi connectivity index (χ4n) is 3.52. The molecule has 0 aromatic rings. The van der Waals surface area contributed by atoms with Crippen molar-refractivity contribution in [2.75, 3.05) is 20.1 Å². The summed E-state index contributed by atoms with van der Waals surface area (Å²) in [6, 6.07) is 0. The number of halogens is 1. The lowest BCUT2D eigenvalue weighted by atomic mass is 9.72. The van der Waals surface area contributed by atoms with Gasteiger partial charge in [0.05, 0.1) is 0 Å². The number of hydrogen-bond donors (Lipinski definition) is 0. The summed E-state index contributed by atoms with van der Waals surface area (Å²) >= 11 is 0. The first-order valence-electron chi connectivity index (χ1n) is 7.56. The van der Waals surface area contributed by atoms with E-state index in [4.69, 9.17) is 4.74 Å². The lowest BCUT2D eigenvalue weighted by molar-refractivity contribution is -0.175. The van der Waals surface area contributed by atoms with Crippen LogP contribution in [0.3, 0.4) is 0 Å². The van der Waals surface area contributed by atoms with Crippen molar-refractivity contribution in [3.8, 4) is 0 Å². The normalized spacial score (nSPS) is 24.5. The van der Waals surface area contributed by atoms with Crippen molar-refractivity contribution in [3.63, 3.8) is 0 Å². The van der Waals surface area contributed by atoms with Crippen molar-refractivity contribution in [2.24, 2.45) is 5.92 Å². The summed E-state index contributed by atoms with van der Waals surface area (Å²) in [6.07, 6.45) is 9.04. The molecule has 1 saturated carbocycles. The number of esters is 1. The van der Waals surface area contributed by atoms with E-state index in [9.17, 15) is 4.79 Å². The molecule has 0 radical (unpaired) electrons. The van der Waals surface area contributed by atoms with Gasteiger partial charge in [-0.05, 0) is 25.8 Å². The molecule has 4 heteroatoms. The monoisotopic (exact) mass is 289 g/mol. The third kappa shape index (κ3) is 4.09. The highest BCUT2D eigenvalue weighted by Crippen LogP contribution is 2.41. The summed E-state index contributed by atoms with van der Waals surface area (Å²) in [5, 5.41) is 0. The average Bonchev–Trinajstić information content (AvgIpc) is 2.42. The van der Waals surface area contributed by atoms with Gasteiger partial charge in [0.15, 0.2) is 0 Å². The largest absolute Gasteiger partial charge is 0.459 e. The zero-order chi connectivity index (χ0) is 13.0. The van der Waals surface area contributed by atoms with Crippen LogP contribution in [0.1, 0.15) is 58.3 Å². The van der Waals surface area contributed by atoms with E-state index >= 15 is 0 Å². The molecule has 0 spiro atoms. The van der Waals surface area contributed by atoms with E-state index in [1.165, 1.54) is 32.1 Å². The predicted molar refractivity (Wildman–Crippen MR) is 79.7 cm³/mol. The van der Waals surface area contributed by atoms with E-state index in [0.717, 1.165) is 25.9 Å². The van der Waals surface area contributed by atoms with E-state index in [-0.39, 0.29) is 24.0 Å². The lowest BCUT2D eigenvalue weighted by Crippen LogP contribution is -2.51. The average molecular weight is 290 g/mol. The third-order valence-electron chi connectivity index (χ3n) is 4.79. The number of ether oxygens (including phenoxy) is 1. The number of rotatable bonds is 3. The Hall–Kier alpha value is -0.280. The first kappa shape index (κ1) is 16.8. The maximum atomic E-state index is 11.8. The Labute approximate surface area is 123 Å². The molecule has 2 rings (SSSR count). The fourth-order valence-corrected chi connectivity index (χ4v) is 3.52. The molecule has 2 aliphatic rings. The van der Waals surface area contributed by atoms with Crippen molar-refractivity contribution in [1.82, 2.24) is 4.90 Å². The Bertz CT molecular complexity index is 282. The van der Waals surface area contributed by atoms with Crippen LogP contribution in [0.4, 0.5) is 0 Å². The van der Waals surface area contributed by atoms with Crippen LogP contribution < -0.4 is 0 Å². The molecule has 1 aliphatic heterocycles. The van der Waals surface area contributed by atoms with E-state index in [0.29, 0.717) is 12.3 Å². The molecule has 112 valence electrons. The molecule has 0 amide bonds. The van der Waals surface area contributed by atoms with E-state index in [1.807, 2.05) is 6.92 Å².